The summed E-state index contributed by atoms with van der Waals surface area (Å²) in [6.07, 6.45) is 2.57. The van der Waals surface area contributed by atoms with E-state index in [0.29, 0.717) is 0 Å². The molecule has 0 aliphatic carbocycles. The molecule has 0 radical (unpaired) electrons. The summed E-state index contributed by atoms with van der Waals surface area (Å²) in [5.41, 5.74) is 1.01. The third-order valence-electron chi connectivity index (χ3n) is 3.51. The molecule has 1 saturated heterocycles. The molecule has 0 aromatic carbocycles. The third kappa shape index (κ3) is 3.54. The summed E-state index contributed by atoms with van der Waals surface area (Å²) in [6, 6.07) is 0. The minimum Gasteiger partial charge on any atom is -0.444 e. The summed E-state index contributed by atoms with van der Waals surface area (Å²) in [7, 11) is 2.15. The number of aryl methyl sites for hydroxylation is 2. The number of hydrogen-bond donors (Lipinski definition) is 1. The van der Waals surface area contributed by atoms with Gasteiger partial charge >= 0.3 is 0 Å². The molecule has 1 N–H and O–H groups in total. The van der Waals surface area contributed by atoms with E-state index < -0.39 is 0 Å². The molecule has 0 bridgehead atoms. The van der Waals surface area contributed by atoms with Crippen molar-refractivity contribution in [2.75, 3.05) is 26.7 Å². The Hall–Kier alpha value is -0.870. The quantitative estimate of drug-likeness (QED) is 0.866. The molecule has 0 unspecified atom stereocenters. The van der Waals surface area contributed by atoms with Gasteiger partial charge < -0.3 is 9.73 Å². The Kier molecular flexibility index (Phi) is 4.18. The van der Waals surface area contributed by atoms with Crippen LogP contribution in [-0.4, -0.2) is 36.6 Å². The van der Waals surface area contributed by atoms with Crippen LogP contribution in [0.15, 0.2) is 4.42 Å². The van der Waals surface area contributed by atoms with Gasteiger partial charge in [0, 0.05) is 6.54 Å². The fraction of sp³-hybridized carbons (Fsp3) is 0.769. The maximum absolute atomic E-state index is 5.61. The number of oxazole rings is 1. The van der Waals surface area contributed by atoms with Gasteiger partial charge in [0.05, 0.1) is 12.2 Å². The Labute approximate surface area is 103 Å². The number of aromatic nitrogens is 1. The first-order chi connectivity index (χ1) is 8.15. The fourth-order valence-corrected chi connectivity index (χ4v) is 2.41. The SMILES string of the molecule is Cc1nc(CN(C)CC2CCNCC2)oc1C. The highest BCUT2D eigenvalue weighted by Crippen LogP contribution is 2.15. The van der Waals surface area contributed by atoms with Crippen molar-refractivity contribution in [1.29, 1.82) is 0 Å². The molecule has 0 amide bonds. The van der Waals surface area contributed by atoms with E-state index in [1.54, 1.807) is 0 Å². The molecule has 0 atom stereocenters. The molecule has 4 nitrogen and oxygen atoms in total. The zero-order chi connectivity index (χ0) is 12.3. The van der Waals surface area contributed by atoms with E-state index in [1.165, 1.54) is 12.8 Å². The van der Waals surface area contributed by atoms with Crippen LogP contribution < -0.4 is 5.32 Å². The molecular formula is C13H23N3O. The second kappa shape index (κ2) is 5.65. The Balaban J connectivity index is 1.81. The Morgan fingerprint density at radius 1 is 1.35 bits per heavy atom. The molecular weight excluding hydrogens is 214 g/mol. The van der Waals surface area contributed by atoms with E-state index in [0.717, 1.165) is 49.4 Å². The summed E-state index contributed by atoms with van der Waals surface area (Å²) in [6.45, 7) is 8.25. The maximum atomic E-state index is 5.61. The first kappa shape index (κ1) is 12.6. The second-order valence-electron chi connectivity index (χ2n) is 5.14. The van der Waals surface area contributed by atoms with E-state index >= 15 is 0 Å². The van der Waals surface area contributed by atoms with Crippen LogP contribution in [0.2, 0.25) is 0 Å². The summed E-state index contributed by atoms with van der Waals surface area (Å²) in [5.74, 6) is 2.60. The van der Waals surface area contributed by atoms with E-state index in [4.69, 9.17) is 4.42 Å². The highest BCUT2D eigenvalue weighted by Gasteiger charge is 2.16. The lowest BCUT2D eigenvalue weighted by atomic mass is 9.98. The molecule has 0 saturated carbocycles. The highest BCUT2D eigenvalue weighted by atomic mass is 16.4. The van der Waals surface area contributed by atoms with Gasteiger partial charge in [-0.3, -0.25) is 4.90 Å². The molecule has 4 heteroatoms. The molecule has 1 aromatic rings. The number of nitrogens with zero attached hydrogens (tertiary/aromatic N) is 2. The van der Waals surface area contributed by atoms with Gasteiger partial charge in [0.1, 0.15) is 5.76 Å². The van der Waals surface area contributed by atoms with Crippen LogP contribution in [-0.2, 0) is 6.54 Å². The van der Waals surface area contributed by atoms with Gasteiger partial charge in [0.2, 0.25) is 5.89 Å². The number of hydrogen-bond acceptors (Lipinski definition) is 4. The van der Waals surface area contributed by atoms with Crippen LogP contribution >= 0.6 is 0 Å². The Bertz CT molecular complexity index is 336. The van der Waals surface area contributed by atoms with Crippen molar-refractivity contribution in [2.24, 2.45) is 5.92 Å². The lowest BCUT2D eigenvalue weighted by Crippen LogP contribution is -2.34. The molecule has 0 spiro atoms. The second-order valence-corrected chi connectivity index (χ2v) is 5.14. The van der Waals surface area contributed by atoms with E-state index in [9.17, 15) is 0 Å². The fourth-order valence-electron chi connectivity index (χ4n) is 2.41. The Morgan fingerprint density at radius 3 is 2.65 bits per heavy atom. The predicted octanol–water partition coefficient (Wildman–Crippen LogP) is 1.72. The number of rotatable bonds is 4. The Morgan fingerprint density at radius 2 is 2.06 bits per heavy atom. The van der Waals surface area contributed by atoms with Gasteiger partial charge in [-0.05, 0) is 52.7 Å². The molecule has 2 heterocycles. The first-order valence-corrected chi connectivity index (χ1v) is 6.47. The highest BCUT2D eigenvalue weighted by molar-refractivity contribution is 5.05. The minimum atomic E-state index is 0.818. The summed E-state index contributed by atoms with van der Waals surface area (Å²) < 4.78 is 5.61. The number of piperidine rings is 1. The lowest BCUT2D eigenvalue weighted by molar-refractivity contribution is 0.217. The molecule has 1 aliphatic heterocycles. The van der Waals surface area contributed by atoms with Crippen LogP contribution in [0, 0.1) is 19.8 Å². The topological polar surface area (TPSA) is 41.3 Å². The van der Waals surface area contributed by atoms with Crippen molar-refractivity contribution >= 4 is 0 Å². The molecule has 1 aromatic heterocycles. The van der Waals surface area contributed by atoms with Crippen LogP contribution in [0.1, 0.15) is 30.2 Å². The van der Waals surface area contributed by atoms with Crippen molar-refractivity contribution in [3.05, 3.63) is 17.3 Å². The number of nitrogens with one attached hydrogen (secondary N) is 1. The van der Waals surface area contributed by atoms with Crippen molar-refractivity contribution in [3.8, 4) is 0 Å². The van der Waals surface area contributed by atoms with Gasteiger partial charge in [0.25, 0.3) is 0 Å². The molecule has 17 heavy (non-hydrogen) atoms. The van der Waals surface area contributed by atoms with Crippen molar-refractivity contribution in [3.63, 3.8) is 0 Å². The van der Waals surface area contributed by atoms with Crippen molar-refractivity contribution in [2.45, 2.75) is 33.2 Å². The van der Waals surface area contributed by atoms with Crippen LogP contribution in [0.25, 0.3) is 0 Å². The third-order valence-corrected chi connectivity index (χ3v) is 3.51. The lowest BCUT2D eigenvalue weighted by Gasteiger charge is -2.26. The van der Waals surface area contributed by atoms with Crippen molar-refractivity contribution in [1.82, 2.24) is 15.2 Å². The van der Waals surface area contributed by atoms with Crippen molar-refractivity contribution < 1.29 is 4.42 Å². The van der Waals surface area contributed by atoms with Crippen LogP contribution in [0.5, 0.6) is 0 Å². The summed E-state index contributed by atoms with van der Waals surface area (Å²) in [4.78, 5) is 6.74. The summed E-state index contributed by atoms with van der Waals surface area (Å²) in [5, 5.41) is 3.40. The van der Waals surface area contributed by atoms with Crippen LogP contribution in [0.3, 0.4) is 0 Å². The molecule has 2 rings (SSSR count). The zero-order valence-electron chi connectivity index (χ0n) is 11.1. The zero-order valence-corrected chi connectivity index (χ0v) is 11.1. The van der Waals surface area contributed by atoms with Gasteiger partial charge in [-0.1, -0.05) is 0 Å². The van der Waals surface area contributed by atoms with Crippen LogP contribution in [0.4, 0.5) is 0 Å². The largest absolute Gasteiger partial charge is 0.444 e. The maximum Gasteiger partial charge on any atom is 0.208 e. The standard InChI is InChI=1S/C13H23N3O/c1-10-11(2)17-13(15-10)9-16(3)8-12-4-6-14-7-5-12/h12,14H,4-9H2,1-3H3. The van der Waals surface area contributed by atoms with E-state index in [1.807, 2.05) is 13.8 Å². The average Bonchev–Trinajstić information content (AvgIpc) is 2.59. The summed E-state index contributed by atoms with van der Waals surface area (Å²) >= 11 is 0. The molecule has 1 fully saturated rings. The smallest absolute Gasteiger partial charge is 0.208 e. The predicted molar refractivity (Wildman–Crippen MR) is 67.9 cm³/mol. The van der Waals surface area contributed by atoms with Gasteiger partial charge in [0.15, 0.2) is 0 Å². The van der Waals surface area contributed by atoms with Gasteiger partial charge in [-0.25, -0.2) is 4.98 Å². The van der Waals surface area contributed by atoms with Gasteiger partial charge in [-0.15, -0.1) is 0 Å². The van der Waals surface area contributed by atoms with E-state index in [2.05, 4.69) is 22.2 Å². The van der Waals surface area contributed by atoms with E-state index in [-0.39, 0.29) is 0 Å². The monoisotopic (exact) mass is 237 g/mol. The normalized spacial score (nSPS) is 17.9. The minimum absolute atomic E-state index is 0.818. The first-order valence-electron chi connectivity index (χ1n) is 6.47. The van der Waals surface area contributed by atoms with Gasteiger partial charge in [-0.2, -0.15) is 0 Å². The molecule has 96 valence electrons. The average molecular weight is 237 g/mol. The molecule has 1 aliphatic rings.